The lowest BCUT2D eigenvalue weighted by molar-refractivity contribution is -0.107. The number of hydrogen-bond acceptors (Lipinski definition) is 2. The Morgan fingerprint density at radius 2 is 2.36 bits per heavy atom. The van der Waals surface area contributed by atoms with Crippen molar-refractivity contribution in [3.63, 3.8) is 0 Å². The minimum absolute atomic E-state index is 0.141. The molecule has 4 heteroatoms. The van der Waals surface area contributed by atoms with Gasteiger partial charge < -0.3 is 4.79 Å². The maximum atomic E-state index is 13.2. The van der Waals surface area contributed by atoms with E-state index in [4.69, 9.17) is 16.9 Å². The van der Waals surface area contributed by atoms with E-state index in [0.717, 1.165) is 6.07 Å². The Morgan fingerprint density at radius 3 is 2.86 bits per heavy atom. The highest BCUT2D eigenvalue weighted by atomic mass is 35.5. The molecule has 0 aromatic heterocycles. The van der Waals surface area contributed by atoms with Crippen LogP contribution in [0.15, 0.2) is 18.2 Å². The molecule has 1 atom stereocenters. The number of nitriles is 1. The molecule has 1 aromatic rings. The SMILES string of the molecule is N#Cc1ccc(CC(Cl)C=O)c(F)c1. The average Bonchev–Trinajstić information content (AvgIpc) is 2.20. The third kappa shape index (κ3) is 2.54. The predicted octanol–water partition coefficient (Wildman–Crippen LogP) is 2.05. The first-order chi connectivity index (χ1) is 6.67. The van der Waals surface area contributed by atoms with Gasteiger partial charge in [-0.2, -0.15) is 5.26 Å². The van der Waals surface area contributed by atoms with Gasteiger partial charge in [0.2, 0.25) is 0 Å². The van der Waals surface area contributed by atoms with Crippen LogP contribution < -0.4 is 0 Å². The second kappa shape index (κ2) is 4.73. The van der Waals surface area contributed by atoms with E-state index in [1.54, 1.807) is 0 Å². The van der Waals surface area contributed by atoms with Gasteiger partial charge >= 0.3 is 0 Å². The van der Waals surface area contributed by atoms with Crippen LogP contribution in [-0.2, 0) is 11.2 Å². The summed E-state index contributed by atoms with van der Waals surface area (Å²) >= 11 is 5.55. The first kappa shape index (κ1) is 10.7. The second-order valence-electron chi connectivity index (χ2n) is 2.77. The number of alkyl halides is 1. The molecule has 1 aromatic carbocycles. The zero-order valence-corrected chi connectivity index (χ0v) is 7.96. The monoisotopic (exact) mass is 211 g/mol. The van der Waals surface area contributed by atoms with Crippen LogP contribution in [0.5, 0.6) is 0 Å². The van der Waals surface area contributed by atoms with Crippen LogP contribution in [0.2, 0.25) is 0 Å². The van der Waals surface area contributed by atoms with Crippen molar-refractivity contribution in [2.75, 3.05) is 0 Å². The van der Waals surface area contributed by atoms with Gasteiger partial charge in [0.1, 0.15) is 12.1 Å². The normalized spacial score (nSPS) is 11.8. The summed E-state index contributed by atoms with van der Waals surface area (Å²) in [7, 11) is 0. The highest BCUT2D eigenvalue weighted by Crippen LogP contribution is 2.13. The van der Waals surface area contributed by atoms with Gasteiger partial charge in [0, 0.05) is 0 Å². The molecular formula is C10H7ClFNO. The highest BCUT2D eigenvalue weighted by molar-refractivity contribution is 6.27. The molecule has 0 aliphatic carbocycles. The Labute approximate surface area is 85.9 Å². The standard InChI is InChI=1S/C10H7ClFNO/c11-9(6-14)4-8-2-1-7(5-13)3-10(8)12/h1-3,6,9H,4H2. The summed E-state index contributed by atoms with van der Waals surface area (Å²) in [5, 5.41) is 7.76. The Kier molecular flexibility index (Phi) is 3.61. The fourth-order valence-corrected chi connectivity index (χ4v) is 1.21. The van der Waals surface area contributed by atoms with Gasteiger partial charge in [-0.25, -0.2) is 4.39 Å². The van der Waals surface area contributed by atoms with Crippen LogP contribution >= 0.6 is 11.6 Å². The Bertz CT molecular complexity index is 386. The van der Waals surface area contributed by atoms with Crippen molar-refractivity contribution in [2.45, 2.75) is 11.8 Å². The molecule has 1 unspecified atom stereocenters. The lowest BCUT2D eigenvalue weighted by Gasteiger charge is -2.03. The zero-order chi connectivity index (χ0) is 10.6. The van der Waals surface area contributed by atoms with E-state index in [9.17, 15) is 9.18 Å². The number of aldehydes is 1. The van der Waals surface area contributed by atoms with Crippen molar-refractivity contribution in [2.24, 2.45) is 0 Å². The Morgan fingerprint density at radius 1 is 1.64 bits per heavy atom. The third-order valence-electron chi connectivity index (χ3n) is 1.74. The second-order valence-corrected chi connectivity index (χ2v) is 3.33. The summed E-state index contributed by atoms with van der Waals surface area (Å²) in [6, 6.07) is 5.91. The van der Waals surface area contributed by atoms with Crippen molar-refractivity contribution < 1.29 is 9.18 Å². The van der Waals surface area contributed by atoms with Crippen LogP contribution in [0, 0.1) is 17.1 Å². The van der Waals surface area contributed by atoms with E-state index < -0.39 is 11.2 Å². The smallest absolute Gasteiger partial charge is 0.138 e. The van der Waals surface area contributed by atoms with E-state index >= 15 is 0 Å². The first-order valence-electron chi connectivity index (χ1n) is 3.95. The molecule has 2 nitrogen and oxygen atoms in total. The van der Waals surface area contributed by atoms with E-state index in [1.807, 2.05) is 6.07 Å². The molecule has 0 N–H and O–H groups in total. The van der Waals surface area contributed by atoms with Gasteiger partial charge in [0.05, 0.1) is 17.0 Å². The molecule has 0 fully saturated rings. The highest BCUT2D eigenvalue weighted by Gasteiger charge is 2.08. The maximum absolute atomic E-state index is 13.2. The summed E-state index contributed by atoms with van der Waals surface area (Å²) in [6.45, 7) is 0. The molecule has 72 valence electrons. The van der Waals surface area contributed by atoms with Gasteiger partial charge in [-0.3, -0.25) is 0 Å². The molecule has 0 aliphatic rings. The van der Waals surface area contributed by atoms with Crippen LogP contribution in [0.1, 0.15) is 11.1 Å². The Balaban J connectivity index is 2.90. The van der Waals surface area contributed by atoms with Gasteiger partial charge in [-0.15, -0.1) is 11.6 Å². The minimum Gasteiger partial charge on any atom is -0.302 e. The maximum Gasteiger partial charge on any atom is 0.138 e. The van der Waals surface area contributed by atoms with Crippen LogP contribution in [0.25, 0.3) is 0 Å². The largest absolute Gasteiger partial charge is 0.302 e. The number of halogens is 2. The molecule has 0 aliphatic heterocycles. The zero-order valence-electron chi connectivity index (χ0n) is 7.21. The molecule has 0 saturated heterocycles. The molecular weight excluding hydrogens is 205 g/mol. The molecule has 0 heterocycles. The minimum atomic E-state index is -0.725. The summed E-state index contributed by atoms with van der Waals surface area (Å²) in [4.78, 5) is 10.2. The number of carbonyl (C=O) groups is 1. The Hall–Kier alpha value is -1.40. The summed E-state index contributed by atoms with van der Waals surface area (Å²) in [6.07, 6.45) is 0.696. The molecule has 1 rings (SSSR count). The lowest BCUT2D eigenvalue weighted by atomic mass is 10.1. The number of rotatable bonds is 3. The van der Waals surface area contributed by atoms with Gasteiger partial charge in [-0.1, -0.05) is 6.07 Å². The fourth-order valence-electron chi connectivity index (χ4n) is 1.04. The van der Waals surface area contributed by atoms with Crippen LogP contribution in [0.3, 0.4) is 0 Å². The third-order valence-corrected chi connectivity index (χ3v) is 2.00. The molecule has 14 heavy (non-hydrogen) atoms. The molecule has 0 saturated carbocycles. The van der Waals surface area contributed by atoms with Crippen molar-refractivity contribution in [1.29, 1.82) is 5.26 Å². The first-order valence-corrected chi connectivity index (χ1v) is 4.39. The molecule has 0 amide bonds. The molecule has 0 spiro atoms. The van der Waals surface area contributed by atoms with Crippen LogP contribution in [-0.4, -0.2) is 11.7 Å². The van der Waals surface area contributed by atoms with Crippen molar-refractivity contribution >= 4 is 17.9 Å². The predicted molar refractivity (Wildman–Crippen MR) is 50.5 cm³/mol. The van der Waals surface area contributed by atoms with Gasteiger partial charge in [-0.05, 0) is 24.1 Å². The number of carbonyl (C=O) groups excluding carboxylic acids is 1. The number of hydrogen-bond donors (Lipinski definition) is 0. The van der Waals surface area contributed by atoms with Gasteiger partial charge in [0.25, 0.3) is 0 Å². The summed E-state index contributed by atoms with van der Waals surface area (Å²) in [5.41, 5.74) is 0.597. The van der Waals surface area contributed by atoms with Crippen molar-refractivity contribution in [1.82, 2.24) is 0 Å². The summed E-state index contributed by atoms with van der Waals surface area (Å²) < 4.78 is 13.2. The number of benzene rings is 1. The average molecular weight is 212 g/mol. The quantitative estimate of drug-likeness (QED) is 0.567. The van der Waals surface area contributed by atoms with E-state index in [2.05, 4.69) is 0 Å². The summed E-state index contributed by atoms with van der Waals surface area (Å²) in [5.74, 6) is -0.503. The van der Waals surface area contributed by atoms with E-state index in [0.29, 0.717) is 11.8 Å². The number of nitrogens with zero attached hydrogens (tertiary/aromatic N) is 1. The van der Waals surface area contributed by atoms with Gasteiger partial charge in [0.15, 0.2) is 0 Å². The molecule has 0 bridgehead atoms. The van der Waals surface area contributed by atoms with Crippen LogP contribution in [0.4, 0.5) is 4.39 Å². The lowest BCUT2D eigenvalue weighted by Crippen LogP contribution is -2.06. The fraction of sp³-hybridized carbons (Fsp3) is 0.200. The van der Waals surface area contributed by atoms with E-state index in [-0.39, 0.29) is 12.0 Å². The van der Waals surface area contributed by atoms with E-state index in [1.165, 1.54) is 12.1 Å². The van der Waals surface area contributed by atoms with Crippen molar-refractivity contribution in [3.8, 4) is 6.07 Å². The van der Waals surface area contributed by atoms with Crippen molar-refractivity contribution in [3.05, 3.63) is 35.1 Å². The molecule has 0 radical (unpaired) electrons. The topological polar surface area (TPSA) is 40.9 Å².